The Bertz CT molecular complexity index is 1060. The van der Waals surface area contributed by atoms with Gasteiger partial charge in [0.05, 0.1) is 25.6 Å². The molecule has 3 rings (SSSR count). The smallest absolute Gasteiger partial charge is 0.350 e. The second-order valence-electron chi connectivity index (χ2n) is 6.65. The first-order valence-corrected chi connectivity index (χ1v) is 11.9. The SMILES string of the molecule is CCCOc1cccc(Sc2nc(N)nc3c2ncn3CC(C)OCP(=O)(O)O)c1. The van der Waals surface area contributed by atoms with Crippen LogP contribution in [0.25, 0.3) is 11.2 Å². The number of benzene rings is 1. The Morgan fingerprint density at radius 2 is 2.13 bits per heavy atom. The molecule has 0 aliphatic rings. The number of fused-ring (bicyclic) bond motifs is 1. The van der Waals surface area contributed by atoms with E-state index in [-0.39, 0.29) is 5.95 Å². The van der Waals surface area contributed by atoms with Gasteiger partial charge in [-0.1, -0.05) is 24.8 Å². The Morgan fingerprint density at radius 3 is 2.87 bits per heavy atom. The molecule has 0 radical (unpaired) electrons. The van der Waals surface area contributed by atoms with Crippen molar-refractivity contribution in [2.45, 2.75) is 42.8 Å². The molecule has 12 heteroatoms. The Balaban J connectivity index is 1.81. The van der Waals surface area contributed by atoms with Crippen molar-refractivity contribution in [3.63, 3.8) is 0 Å². The summed E-state index contributed by atoms with van der Waals surface area (Å²) in [6.45, 7) is 4.71. The van der Waals surface area contributed by atoms with Crippen LogP contribution in [0.2, 0.25) is 0 Å². The number of nitrogens with two attached hydrogens (primary N) is 1. The maximum atomic E-state index is 11.0. The molecular formula is C18H24N5O5PS. The fraction of sp³-hybridized carbons (Fsp3) is 0.389. The van der Waals surface area contributed by atoms with E-state index < -0.39 is 20.0 Å². The minimum absolute atomic E-state index is 0.105. The zero-order valence-corrected chi connectivity index (χ0v) is 18.3. The Morgan fingerprint density at radius 1 is 1.33 bits per heavy atom. The van der Waals surface area contributed by atoms with E-state index in [1.807, 2.05) is 31.2 Å². The number of hydrogen-bond donors (Lipinski definition) is 3. The van der Waals surface area contributed by atoms with Gasteiger partial charge in [-0.3, -0.25) is 4.57 Å². The lowest BCUT2D eigenvalue weighted by molar-refractivity contribution is 0.0764. The first kappa shape index (κ1) is 22.5. The summed E-state index contributed by atoms with van der Waals surface area (Å²) in [7, 11) is -4.23. The van der Waals surface area contributed by atoms with Gasteiger partial charge in [0.25, 0.3) is 0 Å². The second kappa shape index (κ2) is 9.76. The number of anilines is 1. The topological polar surface area (TPSA) is 146 Å². The number of aromatic nitrogens is 4. The predicted molar refractivity (Wildman–Crippen MR) is 114 cm³/mol. The molecule has 0 amide bonds. The highest BCUT2D eigenvalue weighted by Gasteiger charge is 2.18. The molecule has 0 saturated heterocycles. The van der Waals surface area contributed by atoms with E-state index in [9.17, 15) is 4.57 Å². The van der Waals surface area contributed by atoms with E-state index in [0.29, 0.717) is 29.3 Å². The lowest BCUT2D eigenvalue weighted by atomic mass is 10.3. The quantitative estimate of drug-likeness (QED) is 0.309. The molecule has 2 aromatic heterocycles. The summed E-state index contributed by atoms with van der Waals surface area (Å²) >= 11 is 1.40. The van der Waals surface area contributed by atoms with Gasteiger partial charge in [0.1, 0.15) is 22.6 Å². The molecule has 0 aliphatic heterocycles. The molecule has 0 fully saturated rings. The second-order valence-corrected chi connectivity index (χ2v) is 9.30. The molecule has 3 aromatic rings. The van der Waals surface area contributed by atoms with Crippen LogP contribution in [0, 0.1) is 0 Å². The molecule has 1 unspecified atom stereocenters. The van der Waals surface area contributed by atoms with Gasteiger partial charge in [-0.25, -0.2) is 9.97 Å². The van der Waals surface area contributed by atoms with Gasteiger partial charge < -0.3 is 29.6 Å². The lowest BCUT2D eigenvalue weighted by Crippen LogP contribution is -2.17. The van der Waals surface area contributed by atoms with E-state index >= 15 is 0 Å². The average molecular weight is 453 g/mol. The van der Waals surface area contributed by atoms with Gasteiger partial charge >= 0.3 is 7.60 Å². The van der Waals surface area contributed by atoms with Crippen molar-refractivity contribution in [1.29, 1.82) is 0 Å². The third-order valence-electron chi connectivity index (χ3n) is 3.92. The van der Waals surface area contributed by atoms with Gasteiger partial charge in [0.2, 0.25) is 5.95 Å². The summed E-state index contributed by atoms with van der Waals surface area (Å²) < 4.78 is 23.6. The summed E-state index contributed by atoms with van der Waals surface area (Å²) in [5.41, 5.74) is 7.02. The number of nitrogens with zero attached hydrogens (tertiary/aromatic N) is 4. The Hall–Kier alpha value is -2.17. The minimum Gasteiger partial charge on any atom is -0.494 e. The van der Waals surface area contributed by atoms with Crippen LogP contribution < -0.4 is 10.5 Å². The van der Waals surface area contributed by atoms with E-state index in [1.54, 1.807) is 17.8 Å². The van der Waals surface area contributed by atoms with Gasteiger partial charge in [-0.2, -0.15) is 4.98 Å². The zero-order valence-electron chi connectivity index (χ0n) is 16.6. The van der Waals surface area contributed by atoms with Crippen LogP contribution >= 0.6 is 19.4 Å². The summed E-state index contributed by atoms with van der Waals surface area (Å²) in [6, 6.07) is 7.69. The predicted octanol–water partition coefficient (Wildman–Crippen LogP) is 2.89. The van der Waals surface area contributed by atoms with Gasteiger partial charge in [-0.15, -0.1) is 0 Å². The molecule has 0 saturated carbocycles. The molecule has 162 valence electrons. The average Bonchev–Trinajstić information content (AvgIpc) is 3.07. The number of imidazole rings is 1. The number of ether oxygens (including phenoxy) is 2. The van der Waals surface area contributed by atoms with Gasteiger partial charge in [0, 0.05) is 4.90 Å². The standard InChI is InChI=1S/C18H24N5O5PS/c1-3-7-27-13-5-4-6-14(8-13)30-17-15-16(21-18(19)22-17)23(10-20-15)9-12(2)28-11-29(24,25)26/h4-6,8,10,12H,3,7,9,11H2,1-2H3,(H2,19,21,22)(H2,24,25,26). The van der Waals surface area contributed by atoms with Crippen LogP contribution in [-0.2, 0) is 15.8 Å². The molecule has 10 nitrogen and oxygen atoms in total. The summed E-state index contributed by atoms with van der Waals surface area (Å²) in [4.78, 5) is 31.9. The third-order valence-corrected chi connectivity index (χ3v) is 5.38. The zero-order chi connectivity index (χ0) is 21.7. The van der Waals surface area contributed by atoms with Crippen molar-refractivity contribution in [3.05, 3.63) is 30.6 Å². The Labute approximate surface area is 178 Å². The fourth-order valence-corrected chi connectivity index (χ4v) is 4.03. The van der Waals surface area contributed by atoms with Crippen LogP contribution in [0.1, 0.15) is 20.3 Å². The molecule has 4 N–H and O–H groups in total. The van der Waals surface area contributed by atoms with Crippen LogP contribution in [0.5, 0.6) is 5.75 Å². The molecule has 1 aromatic carbocycles. The largest absolute Gasteiger partial charge is 0.494 e. The number of hydrogen-bond acceptors (Lipinski definition) is 8. The van der Waals surface area contributed by atoms with Crippen LogP contribution in [0.15, 0.2) is 40.5 Å². The highest BCUT2D eigenvalue weighted by atomic mass is 32.2. The highest BCUT2D eigenvalue weighted by Crippen LogP contribution is 2.35. The van der Waals surface area contributed by atoms with Gasteiger partial charge in [-0.05, 0) is 31.5 Å². The molecule has 1 atom stereocenters. The summed E-state index contributed by atoms with van der Waals surface area (Å²) in [5.74, 6) is 0.885. The van der Waals surface area contributed by atoms with E-state index in [0.717, 1.165) is 17.1 Å². The summed E-state index contributed by atoms with van der Waals surface area (Å²) in [5, 5.41) is 0.604. The molecule has 0 bridgehead atoms. The minimum atomic E-state index is -4.23. The van der Waals surface area contributed by atoms with Crippen LogP contribution in [-0.4, -0.2) is 48.4 Å². The fourth-order valence-electron chi connectivity index (χ4n) is 2.65. The molecule has 2 heterocycles. The number of nitrogen functional groups attached to an aromatic ring is 1. The molecule has 30 heavy (non-hydrogen) atoms. The first-order valence-electron chi connectivity index (χ1n) is 9.30. The van der Waals surface area contributed by atoms with Crippen LogP contribution in [0.3, 0.4) is 0 Å². The summed E-state index contributed by atoms with van der Waals surface area (Å²) in [6.07, 6.45) is 1.40. The van der Waals surface area contributed by atoms with Crippen molar-refractivity contribution in [2.24, 2.45) is 0 Å². The normalized spacial score (nSPS) is 12.9. The van der Waals surface area contributed by atoms with E-state index in [1.165, 1.54) is 11.8 Å². The van der Waals surface area contributed by atoms with Crippen LogP contribution in [0.4, 0.5) is 5.95 Å². The van der Waals surface area contributed by atoms with Crippen molar-refractivity contribution >= 4 is 36.5 Å². The van der Waals surface area contributed by atoms with Crippen molar-refractivity contribution in [3.8, 4) is 5.75 Å². The maximum absolute atomic E-state index is 11.0. The van der Waals surface area contributed by atoms with Gasteiger partial charge in [0.15, 0.2) is 5.65 Å². The molecule has 0 spiro atoms. The van der Waals surface area contributed by atoms with Crippen molar-refractivity contribution in [2.75, 3.05) is 18.7 Å². The number of rotatable bonds is 10. The van der Waals surface area contributed by atoms with Crippen molar-refractivity contribution < 1.29 is 23.8 Å². The highest BCUT2D eigenvalue weighted by molar-refractivity contribution is 7.99. The monoisotopic (exact) mass is 453 g/mol. The Kier molecular flexibility index (Phi) is 7.32. The van der Waals surface area contributed by atoms with E-state index in [4.69, 9.17) is 25.0 Å². The van der Waals surface area contributed by atoms with E-state index in [2.05, 4.69) is 15.0 Å². The molecule has 0 aliphatic carbocycles. The lowest BCUT2D eigenvalue weighted by Gasteiger charge is -2.14. The van der Waals surface area contributed by atoms with Crippen molar-refractivity contribution in [1.82, 2.24) is 19.5 Å². The third kappa shape index (κ3) is 6.16. The molecular weight excluding hydrogens is 429 g/mol. The first-order chi connectivity index (χ1) is 14.2. The maximum Gasteiger partial charge on any atom is 0.350 e.